The normalized spacial score (nSPS) is 41.1. The summed E-state index contributed by atoms with van der Waals surface area (Å²) in [5.74, 6) is 2.82. The Kier molecular flexibility index (Phi) is 2.88. The van der Waals surface area contributed by atoms with E-state index < -0.39 is 0 Å². The van der Waals surface area contributed by atoms with Crippen LogP contribution in [0.1, 0.15) is 46.5 Å². The van der Waals surface area contributed by atoms with Crippen molar-refractivity contribution in [2.75, 3.05) is 13.1 Å². The topological polar surface area (TPSA) is 12.0 Å². The maximum Gasteiger partial charge on any atom is -0.00148 e. The summed E-state index contributed by atoms with van der Waals surface area (Å²) >= 11 is 0. The minimum Gasteiger partial charge on any atom is -0.316 e. The first kappa shape index (κ1) is 10.5. The highest BCUT2D eigenvalue weighted by Gasteiger charge is 2.58. The van der Waals surface area contributed by atoms with Gasteiger partial charge in [-0.3, -0.25) is 0 Å². The zero-order valence-electron chi connectivity index (χ0n) is 9.97. The number of rotatable bonds is 4. The predicted molar refractivity (Wildman–Crippen MR) is 61.3 cm³/mol. The van der Waals surface area contributed by atoms with E-state index in [4.69, 9.17) is 0 Å². The van der Waals surface area contributed by atoms with Crippen molar-refractivity contribution in [1.82, 2.24) is 5.32 Å². The van der Waals surface area contributed by atoms with Crippen molar-refractivity contribution in [1.29, 1.82) is 0 Å². The molecule has 1 nitrogen and oxygen atoms in total. The van der Waals surface area contributed by atoms with Gasteiger partial charge in [0.25, 0.3) is 0 Å². The van der Waals surface area contributed by atoms with Crippen LogP contribution in [-0.2, 0) is 0 Å². The Hall–Kier alpha value is -0.0400. The van der Waals surface area contributed by atoms with E-state index in [-0.39, 0.29) is 0 Å². The maximum absolute atomic E-state index is 3.62. The van der Waals surface area contributed by atoms with E-state index in [1.54, 1.807) is 0 Å². The van der Waals surface area contributed by atoms with Crippen LogP contribution in [0.5, 0.6) is 0 Å². The van der Waals surface area contributed by atoms with E-state index in [1.165, 1.54) is 38.8 Å². The average molecular weight is 195 g/mol. The molecule has 0 radical (unpaired) electrons. The molecule has 2 aliphatic carbocycles. The largest absolute Gasteiger partial charge is 0.316 e. The van der Waals surface area contributed by atoms with Crippen molar-refractivity contribution in [2.24, 2.45) is 23.2 Å². The minimum absolute atomic E-state index is 0.796. The summed E-state index contributed by atoms with van der Waals surface area (Å²) in [5.41, 5.74) is 0.796. The van der Waals surface area contributed by atoms with Crippen LogP contribution >= 0.6 is 0 Å². The molecule has 3 atom stereocenters. The molecule has 0 aliphatic heterocycles. The van der Waals surface area contributed by atoms with Crippen molar-refractivity contribution in [3.63, 3.8) is 0 Å². The van der Waals surface area contributed by atoms with Crippen molar-refractivity contribution in [3.8, 4) is 0 Å². The fraction of sp³-hybridized carbons (Fsp3) is 1.00. The summed E-state index contributed by atoms with van der Waals surface area (Å²) in [6.45, 7) is 9.51. The fourth-order valence-electron chi connectivity index (χ4n) is 3.40. The molecule has 1 heteroatoms. The molecular formula is C13H25N. The van der Waals surface area contributed by atoms with Gasteiger partial charge in [0.2, 0.25) is 0 Å². The summed E-state index contributed by atoms with van der Waals surface area (Å²) in [6.07, 6.45) is 6.00. The highest BCUT2D eigenvalue weighted by molar-refractivity contribution is 5.08. The summed E-state index contributed by atoms with van der Waals surface area (Å²) in [7, 11) is 0. The van der Waals surface area contributed by atoms with Crippen LogP contribution in [0.4, 0.5) is 0 Å². The van der Waals surface area contributed by atoms with Gasteiger partial charge in [-0.1, -0.05) is 33.6 Å². The monoisotopic (exact) mass is 195 g/mol. The Morgan fingerprint density at radius 2 is 2.21 bits per heavy atom. The lowest BCUT2D eigenvalue weighted by Crippen LogP contribution is -2.24. The Morgan fingerprint density at radius 3 is 2.79 bits per heavy atom. The van der Waals surface area contributed by atoms with Gasteiger partial charge in [0.1, 0.15) is 0 Å². The lowest BCUT2D eigenvalue weighted by atomic mass is 9.92. The summed E-state index contributed by atoms with van der Waals surface area (Å²) in [6, 6.07) is 0. The first-order valence-corrected chi connectivity index (χ1v) is 6.36. The average Bonchev–Trinajstić information content (AvgIpc) is 2.67. The number of hydrogen-bond acceptors (Lipinski definition) is 1. The summed E-state index contributed by atoms with van der Waals surface area (Å²) < 4.78 is 0. The van der Waals surface area contributed by atoms with Crippen molar-refractivity contribution in [3.05, 3.63) is 0 Å². The molecule has 2 aliphatic rings. The van der Waals surface area contributed by atoms with Crippen LogP contribution in [-0.4, -0.2) is 13.1 Å². The second kappa shape index (κ2) is 3.84. The van der Waals surface area contributed by atoms with E-state index in [0.717, 1.165) is 23.2 Å². The van der Waals surface area contributed by atoms with Crippen LogP contribution in [0, 0.1) is 23.2 Å². The highest BCUT2D eigenvalue weighted by atomic mass is 14.9. The van der Waals surface area contributed by atoms with Crippen LogP contribution in [0.3, 0.4) is 0 Å². The Morgan fingerprint density at radius 1 is 1.43 bits per heavy atom. The maximum atomic E-state index is 3.62. The van der Waals surface area contributed by atoms with Crippen LogP contribution in [0.25, 0.3) is 0 Å². The highest BCUT2D eigenvalue weighted by Crippen LogP contribution is 2.65. The predicted octanol–water partition coefficient (Wildman–Crippen LogP) is 3.06. The molecule has 0 aromatic heterocycles. The second-order valence-corrected chi connectivity index (χ2v) is 5.98. The summed E-state index contributed by atoms with van der Waals surface area (Å²) in [5, 5.41) is 3.62. The van der Waals surface area contributed by atoms with E-state index in [0.29, 0.717) is 0 Å². The molecule has 0 bridgehead atoms. The van der Waals surface area contributed by atoms with E-state index in [2.05, 4.69) is 26.1 Å². The standard InChI is InChI=1S/C13H25N/c1-10(2)8-14-9-12-7-13(12)6-4-5-11(13)3/h10-12,14H,4-9H2,1-3H3. The van der Waals surface area contributed by atoms with Gasteiger partial charge in [0.05, 0.1) is 0 Å². The molecule has 0 heterocycles. The third kappa shape index (κ3) is 1.84. The van der Waals surface area contributed by atoms with E-state index in [9.17, 15) is 0 Å². The number of nitrogens with one attached hydrogen (secondary N) is 1. The molecule has 82 valence electrons. The zero-order valence-corrected chi connectivity index (χ0v) is 9.97. The molecule has 1 N–H and O–H groups in total. The molecule has 2 saturated carbocycles. The number of hydrogen-bond donors (Lipinski definition) is 1. The molecule has 1 spiro atoms. The third-order valence-corrected chi connectivity index (χ3v) is 4.48. The van der Waals surface area contributed by atoms with Gasteiger partial charge in [0.15, 0.2) is 0 Å². The Balaban J connectivity index is 1.70. The summed E-state index contributed by atoms with van der Waals surface area (Å²) in [4.78, 5) is 0. The fourth-order valence-corrected chi connectivity index (χ4v) is 3.40. The van der Waals surface area contributed by atoms with Crippen LogP contribution < -0.4 is 5.32 Å². The molecule has 14 heavy (non-hydrogen) atoms. The molecule has 0 aromatic rings. The molecule has 0 saturated heterocycles. The first-order chi connectivity index (χ1) is 6.65. The molecule has 2 fully saturated rings. The second-order valence-electron chi connectivity index (χ2n) is 5.98. The van der Waals surface area contributed by atoms with Crippen LogP contribution in [0.2, 0.25) is 0 Å². The van der Waals surface area contributed by atoms with Gasteiger partial charge in [0, 0.05) is 0 Å². The Bertz CT molecular complexity index is 199. The lowest BCUT2D eigenvalue weighted by molar-refractivity contribution is 0.347. The molecule has 3 unspecified atom stereocenters. The third-order valence-electron chi connectivity index (χ3n) is 4.48. The van der Waals surface area contributed by atoms with Crippen molar-refractivity contribution < 1.29 is 0 Å². The molecular weight excluding hydrogens is 170 g/mol. The quantitative estimate of drug-likeness (QED) is 0.727. The lowest BCUT2D eigenvalue weighted by Gasteiger charge is -2.16. The van der Waals surface area contributed by atoms with Gasteiger partial charge in [-0.15, -0.1) is 0 Å². The SMILES string of the molecule is CC(C)CNCC1CC12CCCC2C. The molecule has 2 rings (SSSR count). The zero-order chi connectivity index (χ0) is 10.2. The minimum atomic E-state index is 0.796. The van der Waals surface area contributed by atoms with Crippen LogP contribution in [0.15, 0.2) is 0 Å². The van der Waals surface area contributed by atoms with E-state index >= 15 is 0 Å². The molecule has 0 aromatic carbocycles. The van der Waals surface area contributed by atoms with E-state index in [1.807, 2.05) is 0 Å². The van der Waals surface area contributed by atoms with Gasteiger partial charge < -0.3 is 5.32 Å². The smallest absolute Gasteiger partial charge is 0.00148 e. The van der Waals surface area contributed by atoms with Gasteiger partial charge in [-0.05, 0) is 49.1 Å². The van der Waals surface area contributed by atoms with Gasteiger partial charge >= 0.3 is 0 Å². The van der Waals surface area contributed by atoms with Gasteiger partial charge in [-0.2, -0.15) is 0 Å². The van der Waals surface area contributed by atoms with Crippen molar-refractivity contribution >= 4 is 0 Å². The van der Waals surface area contributed by atoms with Gasteiger partial charge in [-0.25, -0.2) is 0 Å². The molecule has 0 amide bonds. The Labute approximate surface area is 88.7 Å². The first-order valence-electron chi connectivity index (χ1n) is 6.36. The van der Waals surface area contributed by atoms with Crippen molar-refractivity contribution in [2.45, 2.75) is 46.5 Å².